The molecule has 1 unspecified atom stereocenters. The van der Waals surface area contributed by atoms with Crippen LogP contribution >= 0.6 is 0 Å². The van der Waals surface area contributed by atoms with Crippen LogP contribution in [0.25, 0.3) is 0 Å². The van der Waals surface area contributed by atoms with E-state index in [0.29, 0.717) is 43.1 Å². The Morgan fingerprint density at radius 1 is 0.911 bits per heavy atom. The maximum absolute atomic E-state index is 13.7. The fourth-order valence-corrected chi connectivity index (χ4v) is 10.6. The first-order valence-electron chi connectivity index (χ1n) is 17.3. The van der Waals surface area contributed by atoms with Crippen LogP contribution in [0.15, 0.2) is 0 Å². The number of aliphatic hydroxyl groups is 1. The average molecular weight is 645 g/mol. The Morgan fingerprint density at radius 2 is 1.60 bits per heavy atom. The van der Waals surface area contributed by atoms with Crippen LogP contribution in [0.3, 0.4) is 0 Å². The monoisotopic (exact) mass is 644 g/mol. The Kier molecular flexibility index (Phi) is 9.76. The van der Waals surface area contributed by atoms with E-state index >= 15 is 0 Å². The van der Waals surface area contributed by atoms with E-state index in [-0.39, 0.29) is 79.1 Å². The smallest absolute Gasteiger partial charge is 0.417 e. The molecule has 10 heteroatoms. The van der Waals surface area contributed by atoms with Crippen LogP contribution in [0.5, 0.6) is 0 Å². The molecule has 258 valence electrons. The lowest BCUT2D eigenvalue weighted by atomic mass is 9.43. The summed E-state index contributed by atoms with van der Waals surface area (Å²) in [6, 6.07) is 0. The molecule has 0 bridgehead atoms. The molecule has 0 radical (unpaired) electrons. The minimum Gasteiger partial charge on any atom is -0.463 e. The summed E-state index contributed by atoms with van der Waals surface area (Å²) in [6.45, 7) is 12.9. The SMILES string of the molecule is C[C@@H]([C@H]1CC[C@H]2[C@@H]3CC[C@@H]4C[C@@](O)(C(F)(F)F)CC[C@]4(C)[C@H]3CC[C@]12C)[C@@H](C)OC(=O)CCCC(=O)OCC1COC(C)(C)O1. The highest BCUT2D eigenvalue weighted by Crippen LogP contribution is 2.69. The zero-order chi connectivity index (χ0) is 33.0. The molecular formula is C35H55F3O7. The van der Waals surface area contributed by atoms with E-state index in [2.05, 4.69) is 20.8 Å². The average Bonchev–Trinajstić information content (AvgIpc) is 3.49. The standard InChI is InChI=1S/C35H55F3O7/c1-21(22(2)44-30(40)9-7-8-29(39)42-19-24-20-43-31(3,4)45-24)26-12-13-27-25-11-10-23-18-34(41,35(36,37)38)17-16-32(23,5)28(25)14-15-33(26,27)6/h21-28,41H,7-20H2,1-6H3/t21-,22-,23-,24?,25+,26-,27+,28+,32+,33-,34-/m1/s1. The lowest BCUT2D eigenvalue weighted by Gasteiger charge is -2.62. The van der Waals surface area contributed by atoms with E-state index in [1.807, 2.05) is 20.8 Å². The van der Waals surface area contributed by atoms with Crippen molar-refractivity contribution in [2.45, 2.75) is 148 Å². The van der Waals surface area contributed by atoms with E-state index < -0.39 is 17.6 Å². The molecule has 0 aromatic heterocycles. The highest BCUT2D eigenvalue weighted by atomic mass is 19.4. The Balaban J connectivity index is 1.10. The molecule has 5 rings (SSSR count). The molecule has 11 atom stereocenters. The third kappa shape index (κ3) is 6.81. The maximum Gasteiger partial charge on any atom is 0.417 e. The van der Waals surface area contributed by atoms with Crippen LogP contribution < -0.4 is 0 Å². The Bertz CT molecular complexity index is 1100. The summed E-state index contributed by atoms with van der Waals surface area (Å²) >= 11 is 0. The topological polar surface area (TPSA) is 91.3 Å². The second kappa shape index (κ2) is 12.6. The Hall–Kier alpha value is -1.39. The predicted octanol–water partition coefficient (Wildman–Crippen LogP) is 7.37. The van der Waals surface area contributed by atoms with Crippen molar-refractivity contribution in [2.75, 3.05) is 13.2 Å². The fourth-order valence-electron chi connectivity index (χ4n) is 10.6. The van der Waals surface area contributed by atoms with Crippen molar-refractivity contribution in [3.05, 3.63) is 0 Å². The van der Waals surface area contributed by atoms with Gasteiger partial charge in [0.15, 0.2) is 11.4 Å². The number of alkyl halides is 3. The number of carbonyl (C=O) groups is 2. The van der Waals surface area contributed by atoms with Gasteiger partial charge in [0.25, 0.3) is 0 Å². The van der Waals surface area contributed by atoms with Crippen molar-refractivity contribution >= 4 is 11.9 Å². The van der Waals surface area contributed by atoms with Gasteiger partial charge < -0.3 is 24.1 Å². The minimum atomic E-state index is -4.57. The molecule has 0 aromatic rings. The second-order valence-electron chi connectivity index (χ2n) is 16.2. The second-order valence-corrected chi connectivity index (χ2v) is 16.2. The summed E-state index contributed by atoms with van der Waals surface area (Å²) in [7, 11) is 0. The number of ether oxygens (including phenoxy) is 4. The number of hydrogen-bond acceptors (Lipinski definition) is 7. The number of hydrogen-bond donors (Lipinski definition) is 1. The molecule has 7 nitrogen and oxygen atoms in total. The summed E-state index contributed by atoms with van der Waals surface area (Å²) in [5.41, 5.74) is -2.59. The zero-order valence-electron chi connectivity index (χ0n) is 28.0. The number of halogens is 3. The van der Waals surface area contributed by atoms with Gasteiger partial charge >= 0.3 is 18.1 Å². The number of carbonyl (C=O) groups excluding carboxylic acids is 2. The highest BCUT2D eigenvalue weighted by molar-refractivity contribution is 5.72. The first kappa shape index (κ1) is 34.9. The molecule has 45 heavy (non-hydrogen) atoms. The molecule has 0 spiro atoms. The zero-order valence-corrected chi connectivity index (χ0v) is 28.0. The molecule has 5 fully saturated rings. The molecule has 0 aromatic carbocycles. The fraction of sp³-hybridized carbons (Fsp3) is 0.943. The Labute approximate surface area is 266 Å². The third-order valence-corrected chi connectivity index (χ3v) is 13.3. The largest absolute Gasteiger partial charge is 0.463 e. The van der Waals surface area contributed by atoms with Gasteiger partial charge in [-0.1, -0.05) is 20.8 Å². The van der Waals surface area contributed by atoms with Gasteiger partial charge in [0, 0.05) is 12.8 Å². The van der Waals surface area contributed by atoms with Gasteiger partial charge in [0.05, 0.1) is 6.61 Å². The third-order valence-electron chi connectivity index (χ3n) is 13.3. The lowest BCUT2D eigenvalue weighted by Crippen LogP contribution is -2.59. The quantitative estimate of drug-likeness (QED) is 0.262. The van der Waals surface area contributed by atoms with Gasteiger partial charge in [-0.25, -0.2) is 0 Å². The molecule has 4 aliphatic carbocycles. The van der Waals surface area contributed by atoms with E-state index in [0.717, 1.165) is 38.5 Å². The van der Waals surface area contributed by atoms with Crippen molar-refractivity contribution in [1.29, 1.82) is 0 Å². The molecule has 1 saturated heterocycles. The van der Waals surface area contributed by atoms with Gasteiger partial charge in [-0.05, 0) is 131 Å². The lowest BCUT2D eigenvalue weighted by molar-refractivity contribution is -0.290. The molecular weight excluding hydrogens is 589 g/mol. The first-order chi connectivity index (χ1) is 20.9. The van der Waals surface area contributed by atoms with Crippen LogP contribution in [-0.4, -0.2) is 60.0 Å². The molecule has 5 aliphatic rings. The highest BCUT2D eigenvalue weighted by Gasteiger charge is 2.65. The molecule has 0 amide bonds. The van der Waals surface area contributed by atoms with Crippen molar-refractivity contribution in [2.24, 2.45) is 46.3 Å². The number of fused-ring (bicyclic) bond motifs is 5. The van der Waals surface area contributed by atoms with E-state index in [1.54, 1.807) is 0 Å². The Morgan fingerprint density at radius 3 is 2.27 bits per heavy atom. The van der Waals surface area contributed by atoms with Crippen molar-refractivity contribution in [3.63, 3.8) is 0 Å². The van der Waals surface area contributed by atoms with Crippen molar-refractivity contribution in [3.8, 4) is 0 Å². The number of rotatable bonds is 9. The molecule has 1 N–H and O–H groups in total. The van der Waals surface area contributed by atoms with Gasteiger partial charge in [0.1, 0.15) is 18.8 Å². The summed E-state index contributed by atoms with van der Waals surface area (Å²) in [6.07, 6.45) is 1.54. The summed E-state index contributed by atoms with van der Waals surface area (Å²) in [5.74, 6) is 0.551. The van der Waals surface area contributed by atoms with Crippen LogP contribution in [0.4, 0.5) is 13.2 Å². The maximum atomic E-state index is 13.7. The van der Waals surface area contributed by atoms with Crippen molar-refractivity contribution in [1.82, 2.24) is 0 Å². The van der Waals surface area contributed by atoms with E-state index in [1.165, 1.54) is 0 Å². The van der Waals surface area contributed by atoms with Crippen LogP contribution in [0, 0.1) is 46.3 Å². The van der Waals surface area contributed by atoms with Gasteiger partial charge in [-0.15, -0.1) is 0 Å². The molecule has 4 saturated carbocycles. The van der Waals surface area contributed by atoms with Crippen LogP contribution in [0.2, 0.25) is 0 Å². The van der Waals surface area contributed by atoms with Gasteiger partial charge in [-0.3, -0.25) is 9.59 Å². The van der Waals surface area contributed by atoms with E-state index in [9.17, 15) is 27.9 Å². The molecule has 1 aliphatic heterocycles. The van der Waals surface area contributed by atoms with Gasteiger partial charge in [-0.2, -0.15) is 13.2 Å². The summed E-state index contributed by atoms with van der Waals surface area (Å²) in [5, 5.41) is 10.5. The van der Waals surface area contributed by atoms with E-state index in [4.69, 9.17) is 18.9 Å². The number of esters is 2. The van der Waals surface area contributed by atoms with Gasteiger partial charge in [0.2, 0.25) is 0 Å². The normalized spacial score (nSPS) is 42.2. The van der Waals surface area contributed by atoms with Crippen LogP contribution in [-0.2, 0) is 28.5 Å². The first-order valence-corrected chi connectivity index (χ1v) is 17.3. The van der Waals surface area contributed by atoms with Crippen LogP contribution in [0.1, 0.15) is 119 Å². The minimum absolute atomic E-state index is 0.0933. The summed E-state index contributed by atoms with van der Waals surface area (Å²) < 4.78 is 63.4. The van der Waals surface area contributed by atoms with Crippen molar-refractivity contribution < 1.29 is 46.8 Å². The molecule has 1 heterocycles. The predicted molar refractivity (Wildman–Crippen MR) is 161 cm³/mol. The summed E-state index contributed by atoms with van der Waals surface area (Å²) in [4.78, 5) is 24.9.